The van der Waals surface area contributed by atoms with Crippen LogP contribution in [0, 0.1) is 25.7 Å². The zero-order chi connectivity index (χ0) is 17.0. The molecule has 2 aliphatic heterocycles. The molecule has 2 atom stereocenters. The van der Waals surface area contributed by atoms with Crippen molar-refractivity contribution in [3.05, 3.63) is 35.1 Å². The quantitative estimate of drug-likeness (QED) is 0.853. The van der Waals surface area contributed by atoms with Crippen LogP contribution in [0.4, 0.5) is 5.82 Å². The van der Waals surface area contributed by atoms with Crippen molar-refractivity contribution in [3.8, 4) is 0 Å². The van der Waals surface area contributed by atoms with E-state index in [1.165, 1.54) is 37.1 Å². The lowest BCUT2D eigenvalue weighted by molar-refractivity contribution is 0.304. The Bertz CT molecular complexity index is 770. The Morgan fingerprint density at radius 1 is 1.08 bits per heavy atom. The molecule has 4 heterocycles. The highest BCUT2D eigenvalue weighted by Crippen LogP contribution is 2.42. The molecule has 0 amide bonds. The largest absolute Gasteiger partial charge is 0.361 e. The number of likely N-dealkylation sites (tertiary alicyclic amines) is 1. The van der Waals surface area contributed by atoms with Crippen molar-refractivity contribution in [1.29, 1.82) is 0 Å². The second-order valence-corrected chi connectivity index (χ2v) is 8.02. The lowest BCUT2D eigenvalue weighted by Crippen LogP contribution is -2.29. The van der Waals surface area contributed by atoms with Gasteiger partial charge in [0.1, 0.15) is 17.9 Å². The van der Waals surface area contributed by atoms with Crippen LogP contribution in [0.15, 0.2) is 17.0 Å². The fraction of sp³-hybridized carbons (Fsp3) is 0.632. The van der Waals surface area contributed by atoms with Gasteiger partial charge in [0, 0.05) is 55.5 Å². The maximum Gasteiger partial charge on any atom is 0.144 e. The van der Waals surface area contributed by atoms with Gasteiger partial charge in [-0.25, -0.2) is 9.97 Å². The summed E-state index contributed by atoms with van der Waals surface area (Å²) >= 11 is 0. The van der Waals surface area contributed by atoms with Crippen LogP contribution in [0.1, 0.15) is 41.3 Å². The van der Waals surface area contributed by atoms with E-state index in [9.17, 15) is 0 Å². The van der Waals surface area contributed by atoms with E-state index in [1.54, 1.807) is 6.33 Å². The summed E-state index contributed by atoms with van der Waals surface area (Å²) < 4.78 is 5.49. The van der Waals surface area contributed by atoms with Crippen LogP contribution in [0.3, 0.4) is 0 Å². The summed E-state index contributed by atoms with van der Waals surface area (Å²) in [5, 5.41) is 4.04. The molecule has 5 rings (SSSR count). The predicted molar refractivity (Wildman–Crippen MR) is 94.5 cm³/mol. The van der Waals surface area contributed by atoms with Crippen LogP contribution in [-0.4, -0.2) is 46.2 Å². The molecule has 0 N–H and O–H groups in total. The average Bonchev–Trinajstić information content (AvgIpc) is 3.02. The van der Waals surface area contributed by atoms with Crippen LogP contribution in [0.2, 0.25) is 0 Å². The van der Waals surface area contributed by atoms with Gasteiger partial charge in [0.05, 0.1) is 6.20 Å². The average molecular weight is 339 g/mol. The second kappa shape index (κ2) is 5.80. The maximum absolute atomic E-state index is 5.49. The van der Waals surface area contributed by atoms with Gasteiger partial charge in [0.25, 0.3) is 0 Å². The highest BCUT2D eigenvalue weighted by Gasteiger charge is 2.41. The topological polar surface area (TPSA) is 58.3 Å². The minimum Gasteiger partial charge on any atom is -0.361 e. The Balaban J connectivity index is 1.24. The summed E-state index contributed by atoms with van der Waals surface area (Å²) in [5.41, 5.74) is 3.61. The van der Waals surface area contributed by atoms with Crippen molar-refractivity contribution in [1.82, 2.24) is 20.0 Å². The van der Waals surface area contributed by atoms with Gasteiger partial charge in [-0.2, -0.15) is 0 Å². The van der Waals surface area contributed by atoms with E-state index in [-0.39, 0.29) is 0 Å². The molecule has 0 radical (unpaired) electrons. The molecule has 0 spiro atoms. The van der Waals surface area contributed by atoms with Gasteiger partial charge in [0.15, 0.2) is 0 Å². The molecule has 1 aliphatic carbocycles. The number of anilines is 1. The number of fused-ring (bicyclic) bond motifs is 1. The highest BCUT2D eigenvalue weighted by molar-refractivity contribution is 5.48. The normalized spacial score (nSPS) is 26.4. The number of hydrogen-bond donors (Lipinski definition) is 0. The first-order chi connectivity index (χ1) is 12.2. The first-order valence-electron chi connectivity index (χ1n) is 9.38. The smallest absolute Gasteiger partial charge is 0.144 e. The monoisotopic (exact) mass is 339 g/mol. The number of hydrogen-bond acceptors (Lipinski definition) is 6. The molecule has 6 nitrogen and oxygen atoms in total. The minimum absolute atomic E-state index is 0.638. The van der Waals surface area contributed by atoms with Crippen LogP contribution in [-0.2, 0) is 6.54 Å². The van der Waals surface area contributed by atoms with Gasteiger partial charge in [-0.15, -0.1) is 0 Å². The van der Waals surface area contributed by atoms with Crippen molar-refractivity contribution < 1.29 is 4.52 Å². The van der Waals surface area contributed by atoms with E-state index in [1.807, 2.05) is 6.20 Å². The SMILES string of the molecule is Cc1ncnc(N2CC3CN(Cc4cnoc4C4CC4)CC3C2)c1C. The van der Waals surface area contributed by atoms with E-state index in [2.05, 4.69) is 38.8 Å². The Kier molecular flexibility index (Phi) is 3.55. The molecule has 6 heteroatoms. The third-order valence-corrected chi connectivity index (χ3v) is 6.19. The van der Waals surface area contributed by atoms with Crippen molar-refractivity contribution in [2.45, 2.75) is 39.2 Å². The minimum atomic E-state index is 0.638. The van der Waals surface area contributed by atoms with Crippen LogP contribution >= 0.6 is 0 Å². The van der Waals surface area contributed by atoms with Crippen molar-refractivity contribution in [2.75, 3.05) is 31.1 Å². The number of nitrogens with zero attached hydrogens (tertiary/aromatic N) is 5. The lowest BCUT2D eigenvalue weighted by Gasteiger charge is -2.23. The molecule has 132 valence electrons. The van der Waals surface area contributed by atoms with E-state index in [4.69, 9.17) is 4.52 Å². The fourth-order valence-corrected chi connectivity index (χ4v) is 4.55. The highest BCUT2D eigenvalue weighted by atomic mass is 16.5. The fourth-order valence-electron chi connectivity index (χ4n) is 4.55. The van der Waals surface area contributed by atoms with Gasteiger partial charge < -0.3 is 9.42 Å². The molecule has 2 aromatic rings. The molecule has 1 saturated carbocycles. The van der Waals surface area contributed by atoms with E-state index >= 15 is 0 Å². The second-order valence-electron chi connectivity index (χ2n) is 8.02. The van der Waals surface area contributed by atoms with Gasteiger partial charge >= 0.3 is 0 Å². The number of rotatable bonds is 4. The van der Waals surface area contributed by atoms with Crippen molar-refractivity contribution in [3.63, 3.8) is 0 Å². The zero-order valence-corrected chi connectivity index (χ0v) is 15.0. The summed E-state index contributed by atoms with van der Waals surface area (Å²) in [6.07, 6.45) is 6.16. The summed E-state index contributed by atoms with van der Waals surface area (Å²) in [6, 6.07) is 0. The van der Waals surface area contributed by atoms with Gasteiger partial charge in [0.2, 0.25) is 0 Å². The molecule has 0 bridgehead atoms. The molecular weight excluding hydrogens is 314 g/mol. The molecule has 3 fully saturated rings. The maximum atomic E-state index is 5.49. The summed E-state index contributed by atoms with van der Waals surface area (Å²) in [4.78, 5) is 13.9. The Labute approximate surface area is 148 Å². The van der Waals surface area contributed by atoms with E-state index in [0.717, 1.165) is 48.7 Å². The molecule has 2 aromatic heterocycles. The number of aromatic nitrogens is 3. The van der Waals surface area contributed by atoms with Gasteiger partial charge in [-0.05, 0) is 38.5 Å². The Morgan fingerprint density at radius 3 is 2.56 bits per heavy atom. The number of aryl methyl sites for hydroxylation is 1. The summed E-state index contributed by atoms with van der Waals surface area (Å²) in [6.45, 7) is 9.74. The van der Waals surface area contributed by atoms with Crippen LogP contribution in [0.25, 0.3) is 0 Å². The molecule has 0 aromatic carbocycles. The predicted octanol–water partition coefficient (Wildman–Crippen LogP) is 2.53. The molecule has 2 saturated heterocycles. The third-order valence-electron chi connectivity index (χ3n) is 6.19. The Morgan fingerprint density at radius 2 is 1.84 bits per heavy atom. The van der Waals surface area contributed by atoms with E-state index in [0.29, 0.717) is 5.92 Å². The standard InChI is InChI=1S/C19H25N5O/c1-12-13(2)20-11-21-19(12)24-9-16-7-23(8-17(16)10-24)6-15-5-22-25-18(15)14-3-4-14/h5,11,14,16-17H,3-4,6-10H2,1-2H3. The van der Waals surface area contributed by atoms with Crippen LogP contribution in [0.5, 0.6) is 0 Å². The lowest BCUT2D eigenvalue weighted by atomic mass is 10.0. The van der Waals surface area contributed by atoms with Crippen molar-refractivity contribution in [2.24, 2.45) is 11.8 Å². The molecule has 2 unspecified atom stereocenters. The van der Waals surface area contributed by atoms with Gasteiger partial charge in [-0.3, -0.25) is 4.90 Å². The molecule has 3 aliphatic rings. The zero-order valence-electron chi connectivity index (χ0n) is 15.0. The summed E-state index contributed by atoms with van der Waals surface area (Å²) in [7, 11) is 0. The van der Waals surface area contributed by atoms with E-state index < -0.39 is 0 Å². The molecular formula is C19H25N5O. The van der Waals surface area contributed by atoms with Crippen LogP contribution < -0.4 is 4.90 Å². The first-order valence-corrected chi connectivity index (χ1v) is 9.38. The molecule has 25 heavy (non-hydrogen) atoms. The third kappa shape index (κ3) is 2.72. The van der Waals surface area contributed by atoms with Crippen molar-refractivity contribution >= 4 is 5.82 Å². The first kappa shape index (κ1) is 15.3. The van der Waals surface area contributed by atoms with Gasteiger partial charge in [-0.1, -0.05) is 5.16 Å². The Hall–Kier alpha value is -1.95. The summed E-state index contributed by atoms with van der Waals surface area (Å²) in [5.74, 6) is 4.38.